The van der Waals surface area contributed by atoms with Gasteiger partial charge in [0.1, 0.15) is 5.75 Å². The van der Waals surface area contributed by atoms with Crippen molar-refractivity contribution in [3.05, 3.63) is 52.1 Å². The van der Waals surface area contributed by atoms with E-state index in [0.29, 0.717) is 12.4 Å². The minimum absolute atomic E-state index is 0.663. The molecule has 1 aromatic heterocycles. The maximum Gasteiger partial charge on any atom is 0.217 e. The largest absolute Gasteiger partial charge is 0.496 e. The van der Waals surface area contributed by atoms with E-state index in [4.69, 9.17) is 9.47 Å². The molecule has 0 amide bonds. The van der Waals surface area contributed by atoms with Gasteiger partial charge in [0.25, 0.3) is 0 Å². The summed E-state index contributed by atoms with van der Waals surface area (Å²) in [6.07, 6.45) is 1.73. The molecule has 0 radical (unpaired) electrons. The summed E-state index contributed by atoms with van der Waals surface area (Å²) in [5.41, 5.74) is 2.23. The average molecular weight is 337 g/mol. The highest BCUT2D eigenvalue weighted by Gasteiger charge is 2.04. The number of pyridine rings is 1. The zero-order valence-electron chi connectivity index (χ0n) is 11.5. The highest BCUT2D eigenvalue weighted by Crippen LogP contribution is 2.25. The third kappa shape index (κ3) is 3.71. The molecule has 0 atom stereocenters. The van der Waals surface area contributed by atoms with Crippen LogP contribution in [-0.2, 0) is 13.1 Å². The number of hydrogen-bond acceptors (Lipinski definition) is 4. The summed E-state index contributed by atoms with van der Waals surface area (Å²) in [6, 6.07) is 9.95. The molecule has 1 heterocycles. The molecule has 0 aliphatic carbocycles. The van der Waals surface area contributed by atoms with E-state index in [2.05, 4.69) is 26.2 Å². The van der Waals surface area contributed by atoms with Crippen molar-refractivity contribution >= 4 is 15.9 Å². The first-order valence-corrected chi connectivity index (χ1v) is 7.05. The van der Waals surface area contributed by atoms with Crippen molar-refractivity contribution in [1.82, 2.24) is 10.3 Å². The van der Waals surface area contributed by atoms with Crippen molar-refractivity contribution in [1.29, 1.82) is 0 Å². The van der Waals surface area contributed by atoms with Crippen LogP contribution in [0.2, 0.25) is 0 Å². The molecule has 0 unspecified atom stereocenters. The molecule has 4 nitrogen and oxygen atoms in total. The van der Waals surface area contributed by atoms with Crippen LogP contribution in [0.1, 0.15) is 11.1 Å². The SMILES string of the molecule is COc1ccc(CNCc2cccnc2OC)cc1Br. The van der Waals surface area contributed by atoms with E-state index in [-0.39, 0.29) is 0 Å². The van der Waals surface area contributed by atoms with Crippen molar-refractivity contribution in [2.45, 2.75) is 13.1 Å². The number of benzene rings is 1. The molecule has 0 spiro atoms. The van der Waals surface area contributed by atoms with Gasteiger partial charge in [-0.1, -0.05) is 12.1 Å². The predicted octanol–water partition coefficient (Wildman–Crippen LogP) is 3.15. The molecule has 2 rings (SSSR count). The number of nitrogens with one attached hydrogen (secondary N) is 1. The lowest BCUT2D eigenvalue weighted by Gasteiger charge is -2.09. The molecule has 0 fully saturated rings. The summed E-state index contributed by atoms with van der Waals surface area (Å²) < 4.78 is 11.4. The fourth-order valence-corrected chi connectivity index (χ4v) is 2.49. The summed E-state index contributed by atoms with van der Waals surface area (Å²) in [6.45, 7) is 1.47. The molecule has 106 valence electrons. The Bertz CT molecular complexity index is 576. The zero-order valence-corrected chi connectivity index (χ0v) is 13.1. The molecule has 20 heavy (non-hydrogen) atoms. The fourth-order valence-electron chi connectivity index (χ4n) is 1.90. The topological polar surface area (TPSA) is 43.4 Å². The van der Waals surface area contributed by atoms with Gasteiger partial charge in [-0.15, -0.1) is 0 Å². The van der Waals surface area contributed by atoms with Crippen molar-refractivity contribution < 1.29 is 9.47 Å². The first-order chi connectivity index (χ1) is 9.74. The van der Waals surface area contributed by atoms with Crippen LogP contribution in [0.3, 0.4) is 0 Å². The average Bonchev–Trinajstić information content (AvgIpc) is 2.48. The molecule has 0 aliphatic heterocycles. The van der Waals surface area contributed by atoms with Crippen LogP contribution < -0.4 is 14.8 Å². The lowest BCUT2D eigenvalue weighted by Crippen LogP contribution is -2.13. The Kier molecular flexibility index (Phi) is 5.38. The highest BCUT2D eigenvalue weighted by atomic mass is 79.9. The molecule has 5 heteroatoms. The van der Waals surface area contributed by atoms with Gasteiger partial charge < -0.3 is 14.8 Å². The van der Waals surface area contributed by atoms with Crippen LogP contribution in [0.4, 0.5) is 0 Å². The molecule has 1 N–H and O–H groups in total. The number of rotatable bonds is 6. The number of methoxy groups -OCH3 is 2. The van der Waals surface area contributed by atoms with Gasteiger partial charge in [0.15, 0.2) is 0 Å². The second kappa shape index (κ2) is 7.26. The Labute approximate surface area is 127 Å². The highest BCUT2D eigenvalue weighted by molar-refractivity contribution is 9.10. The summed E-state index contributed by atoms with van der Waals surface area (Å²) in [5, 5.41) is 3.38. The van der Waals surface area contributed by atoms with E-state index >= 15 is 0 Å². The van der Waals surface area contributed by atoms with Gasteiger partial charge in [0, 0.05) is 24.8 Å². The lowest BCUT2D eigenvalue weighted by molar-refractivity contribution is 0.390. The molecule has 1 aromatic carbocycles. The molecule has 0 aliphatic rings. The maximum atomic E-state index is 5.22. The second-order valence-electron chi connectivity index (χ2n) is 4.24. The standard InChI is InChI=1S/C15H17BrN2O2/c1-19-14-6-5-11(8-13(14)16)9-17-10-12-4-3-7-18-15(12)20-2/h3-8,17H,9-10H2,1-2H3. The Balaban J connectivity index is 1.94. The van der Waals surface area contributed by atoms with Crippen LogP contribution >= 0.6 is 15.9 Å². The Hall–Kier alpha value is -1.59. The minimum Gasteiger partial charge on any atom is -0.496 e. The normalized spacial score (nSPS) is 10.3. The first kappa shape index (κ1) is 14.8. The van der Waals surface area contributed by atoms with Crippen molar-refractivity contribution in [3.8, 4) is 11.6 Å². The van der Waals surface area contributed by atoms with Gasteiger partial charge in [0.05, 0.1) is 18.7 Å². The number of nitrogens with zero attached hydrogens (tertiary/aromatic N) is 1. The van der Waals surface area contributed by atoms with E-state index in [0.717, 1.165) is 22.3 Å². The fraction of sp³-hybridized carbons (Fsp3) is 0.267. The molecular formula is C15H17BrN2O2. The Morgan fingerprint density at radius 3 is 2.70 bits per heavy atom. The molecule has 0 saturated heterocycles. The third-order valence-electron chi connectivity index (χ3n) is 2.90. The van der Waals surface area contributed by atoms with Crippen LogP contribution in [0.25, 0.3) is 0 Å². The van der Waals surface area contributed by atoms with Gasteiger partial charge in [-0.25, -0.2) is 4.98 Å². The monoisotopic (exact) mass is 336 g/mol. The van der Waals surface area contributed by atoms with Gasteiger partial charge in [-0.2, -0.15) is 0 Å². The van der Waals surface area contributed by atoms with Crippen LogP contribution in [0, 0.1) is 0 Å². The second-order valence-corrected chi connectivity index (χ2v) is 5.10. The van der Waals surface area contributed by atoms with Crippen molar-refractivity contribution in [2.75, 3.05) is 14.2 Å². The van der Waals surface area contributed by atoms with Crippen LogP contribution in [0.5, 0.6) is 11.6 Å². The number of aromatic nitrogens is 1. The third-order valence-corrected chi connectivity index (χ3v) is 3.52. The van der Waals surface area contributed by atoms with E-state index in [1.165, 1.54) is 5.56 Å². The Morgan fingerprint density at radius 1 is 1.15 bits per heavy atom. The first-order valence-electron chi connectivity index (χ1n) is 6.25. The summed E-state index contributed by atoms with van der Waals surface area (Å²) in [4.78, 5) is 4.17. The molecule has 0 bridgehead atoms. The zero-order chi connectivity index (χ0) is 14.4. The van der Waals surface area contributed by atoms with E-state index in [1.54, 1.807) is 20.4 Å². The predicted molar refractivity (Wildman–Crippen MR) is 82.0 cm³/mol. The Morgan fingerprint density at radius 2 is 2.00 bits per heavy atom. The van der Waals surface area contributed by atoms with Crippen molar-refractivity contribution in [2.24, 2.45) is 0 Å². The molecule has 2 aromatic rings. The van der Waals surface area contributed by atoms with E-state index < -0.39 is 0 Å². The summed E-state index contributed by atoms with van der Waals surface area (Å²) in [7, 11) is 3.29. The smallest absolute Gasteiger partial charge is 0.217 e. The quantitative estimate of drug-likeness (QED) is 0.879. The van der Waals surface area contributed by atoms with Crippen molar-refractivity contribution in [3.63, 3.8) is 0 Å². The van der Waals surface area contributed by atoms with E-state index in [9.17, 15) is 0 Å². The number of hydrogen-bond donors (Lipinski definition) is 1. The molecular weight excluding hydrogens is 320 g/mol. The number of halogens is 1. The van der Waals surface area contributed by atoms with E-state index in [1.807, 2.05) is 30.3 Å². The maximum absolute atomic E-state index is 5.22. The summed E-state index contributed by atoms with van der Waals surface area (Å²) in [5.74, 6) is 1.50. The molecule has 0 saturated carbocycles. The summed E-state index contributed by atoms with van der Waals surface area (Å²) >= 11 is 3.48. The van der Waals surface area contributed by atoms with Gasteiger partial charge >= 0.3 is 0 Å². The van der Waals surface area contributed by atoms with Gasteiger partial charge in [0.2, 0.25) is 5.88 Å². The van der Waals surface area contributed by atoms with Crippen LogP contribution in [0.15, 0.2) is 41.0 Å². The van der Waals surface area contributed by atoms with Crippen LogP contribution in [-0.4, -0.2) is 19.2 Å². The van der Waals surface area contributed by atoms with Gasteiger partial charge in [-0.3, -0.25) is 0 Å². The van der Waals surface area contributed by atoms with Gasteiger partial charge in [-0.05, 0) is 39.7 Å². The number of ether oxygens (including phenoxy) is 2. The minimum atomic E-state index is 0.663. The lowest BCUT2D eigenvalue weighted by atomic mass is 10.2.